The number of halogens is 2. The maximum atomic E-state index is 13.4. The van der Waals surface area contributed by atoms with E-state index >= 15 is 0 Å². The summed E-state index contributed by atoms with van der Waals surface area (Å²) in [5.41, 5.74) is 1.49. The molecule has 1 heterocycles. The van der Waals surface area contributed by atoms with Crippen LogP contribution in [0.4, 0.5) is 8.78 Å². The van der Waals surface area contributed by atoms with Crippen molar-refractivity contribution in [3.05, 3.63) is 64.7 Å². The van der Waals surface area contributed by atoms with Gasteiger partial charge in [0.25, 0.3) is 5.91 Å². The number of amides is 1. The number of aromatic nitrogens is 1. The van der Waals surface area contributed by atoms with Crippen molar-refractivity contribution in [3.63, 3.8) is 0 Å². The van der Waals surface area contributed by atoms with E-state index < -0.39 is 23.6 Å². The number of carbonyl (C=O) groups is 1. The summed E-state index contributed by atoms with van der Waals surface area (Å²) in [5.74, 6) is -1.13. The Kier molecular flexibility index (Phi) is 5.89. The maximum absolute atomic E-state index is 13.4. The predicted molar refractivity (Wildman–Crippen MR) is 103 cm³/mol. The molecule has 1 aromatic heterocycles. The zero-order chi connectivity index (χ0) is 20.3. The summed E-state index contributed by atoms with van der Waals surface area (Å²) in [5, 5.41) is 5.02. The molecule has 0 fully saturated rings. The summed E-state index contributed by atoms with van der Waals surface area (Å²) in [6.07, 6.45) is 0. The van der Waals surface area contributed by atoms with E-state index in [9.17, 15) is 13.6 Å². The molecule has 0 spiro atoms. The van der Waals surface area contributed by atoms with E-state index in [4.69, 9.17) is 9.47 Å². The van der Waals surface area contributed by atoms with Crippen molar-refractivity contribution in [2.45, 2.75) is 13.0 Å². The number of rotatable bonds is 6. The van der Waals surface area contributed by atoms with Gasteiger partial charge in [0.1, 0.15) is 10.7 Å². The van der Waals surface area contributed by atoms with Gasteiger partial charge in [0.05, 0.1) is 20.3 Å². The highest BCUT2D eigenvalue weighted by atomic mass is 32.1. The van der Waals surface area contributed by atoms with Crippen molar-refractivity contribution in [2.75, 3.05) is 14.2 Å². The summed E-state index contributed by atoms with van der Waals surface area (Å²) in [6.45, 7) is 1.69. The van der Waals surface area contributed by atoms with E-state index in [1.807, 2.05) is 6.07 Å². The number of ether oxygens (including phenoxy) is 2. The first-order chi connectivity index (χ1) is 13.4. The van der Waals surface area contributed by atoms with Gasteiger partial charge in [-0.25, -0.2) is 13.8 Å². The normalized spacial score (nSPS) is 11.8. The minimum atomic E-state index is -0.956. The first-order valence-corrected chi connectivity index (χ1v) is 9.24. The summed E-state index contributed by atoms with van der Waals surface area (Å²) in [6, 6.07) is 8.39. The molecule has 0 aliphatic heterocycles. The Labute approximate surface area is 164 Å². The van der Waals surface area contributed by atoms with E-state index in [0.29, 0.717) is 22.1 Å². The minimum absolute atomic E-state index is 0.240. The number of nitrogens with zero attached hydrogens (tertiary/aromatic N) is 1. The Bertz CT molecular complexity index is 1010. The molecule has 0 radical (unpaired) electrons. The molecule has 0 aliphatic carbocycles. The van der Waals surface area contributed by atoms with Crippen LogP contribution in [0.1, 0.15) is 29.0 Å². The Hall–Kier alpha value is -3.00. The summed E-state index contributed by atoms with van der Waals surface area (Å²) in [4.78, 5) is 16.8. The molecule has 0 saturated heterocycles. The van der Waals surface area contributed by atoms with E-state index in [0.717, 1.165) is 17.7 Å². The first-order valence-electron chi connectivity index (χ1n) is 8.36. The number of carbonyl (C=O) groups excluding carboxylic acids is 1. The monoisotopic (exact) mass is 404 g/mol. The van der Waals surface area contributed by atoms with Gasteiger partial charge in [0, 0.05) is 10.9 Å². The Morgan fingerprint density at radius 3 is 2.50 bits per heavy atom. The van der Waals surface area contributed by atoms with Crippen LogP contribution in [0.15, 0.2) is 41.8 Å². The molecule has 1 atom stereocenters. The molecule has 146 valence electrons. The lowest BCUT2D eigenvalue weighted by atomic mass is 10.1. The highest BCUT2D eigenvalue weighted by Crippen LogP contribution is 2.33. The molecular formula is C20H18F2N2O3S. The molecule has 0 unspecified atom stereocenters. The second-order valence-corrected chi connectivity index (χ2v) is 6.83. The fourth-order valence-corrected chi connectivity index (χ4v) is 3.41. The minimum Gasteiger partial charge on any atom is -0.493 e. The molecule has 0 saturated carbocycles. The van der Waals surface area contributed by atoms with Gasteiger partial charge in [-0.15, -0.1) is 11.3 Å². The van der Waals surface area contributed by atoms with Gasteiger partial charge in [-0.1, -0.05) is 6.07 Å². The molecule has 28 heavy (non-hydrogen) atoms. The van der Waals surface area contributed by atoms with Crippen molar-refractivity contribution < 1.29 is 23.0 Å². The smallest absolute Gasteiger partial charge is 0.271 e. The van der Waals surface area contributed by atoms with Crippen molar-refractivity contribution in [1.82, 2.24) is 10.3 Å². The van der Waals surface area contributed by atoms with Gasteiger partial charge in [-0.2, -0.15) is 0 Å². The second kappa shape index (κ2) is 8.35. The Morgan fingerprint density at radius 1 is 1.07 bits per heavy atom. The SMILES string of the molecule is COc1ccc(-c2nc(C(=O)N[C@H](C)c3ccc(F)c(F)c3)cs2)cc1OC. The van der Waals surface area contributed by atoms with Crippen molar-refractivity contribution in [1.29, 1.82) is 0 Å². The topological polar surface area (TPSA) is 60.5 Å². The highest BCUT2D eigenvalue weighted by Gasteiger charge is 2.17. The van der Waals surface area contributed by atoms with E-state index in [-0.39, 0.29) is 5.69 Å². The van der Waals surface area contributed by atoms with Crippen LogP contribution in [0.3, 0.4) is 0 Å². The fourth-order valence-electron chi connectivity index (χ4n) is 2.62. The summed E-state index contributed by atoms with van der Waals surface area (Å²) >= 11 is 1.31. The number of hydrogen-bond acceptors (Lipinski definition) is 5. The standard InChI is InChI=1S/C20H18F2N2O3S/c1-11(12-4-6-14(21)15(22)8-12)23-19(25)16-10-28-20(24-16)13-5-7-17(26-2)18(9-13)27-3/h4-11H,1-3H3,(H,23,25)/t11-/m1/s1. The third-order valence-electron chi connectivity index (χ3n) is 4.16. The van der Waals surface area contributed by atoms with Gasteiger partial charge < -0.3 is 14.8 Å². The number of thiazole rings is 1. The average Bonchev–Trinajstić information content (AvgIpc) is 3.19. The molecule has 3 rings (SSSR count). The third kappa shape index (κ3) is 4.12. The zero-order valence-corrected chi connectivity index (χ0v) is 16.3. The molecule has 0 bridgehead atoms. The molecular weight excluding hydrogens is 386 g/mol. The number of methoxy groups -OCH3 is 2. The van der Waals surface area contributed by atoms with Crippen molar-refractivity contribution in [3.8, 4) is 22.1 Å². The Morgan fingerprint density at radius 2 is 1.82 bits per heavy atom. The molecule has 5 nitrogen and oxygen atoms in total. The van der Waals surface area contributed by atoms with E-state index in [1.165, 1.54) is 17.4 Å². The third-order valence-corrected chi connectivity index (χ3v) is 5.05. The van der Waals surface area contributed by atoms with Crippen LogP contribution in [-0.4, -0.2) is 25.1 Å². The van der Waals surface area contributed by atoms with Crippen LogP contribution < -0.4 is 14.8 Å². The molecule has 0 aliphatic rings. The number of benzene rings is 2. The van der Waals surface area contributed by atoms with Crippen LogP contribution in [0.2, 0.25) is 0 Å². The lowest BCUT2D eigenvalue weighted by molar-refractivity contribution is 0.0935. The Balaban J connectivity index is 1.76. The van der Waals surface area contributed by atoms with Crippen LogP contribution in [0.5, 0.6) is 11.5 Å². The van der Waals surface area contributed by atoms with Crippen LogP contribution in [-0.2, 0) is 0 Å². The lowest BCUT2D eigenvalue weighted by Gasteiger charge is -2.13. The molecule has 8 heteroatoms. The molecule has 1 N–H and O–H groups in total. The maximum Gasteiger partial charge on any atom is 0.271 e. The van der Waals surface area contributed by atoms with Gasteiger partial charge in [0.2, 0.25) is 0 Å². The first kappa shape index (κ1) is 19.8. The lowest BCUT2D eigenvalue weighted by Crippen LogP contribution is -2.27. The quantitative estimate of drug-likeness (QED) is 0.653. The predicted octanol–water partition coefficient (Wildman–Crippen LogP) is 4.60. The molecule has 2 aromatic carbocycles. The van der Waals surface area contributed by atoms with Crippen molar-refractivity contribution in [2.24, 2.45) is 0 Å². The summed E-state index contributed by atoms with van der Waals surface area (Å²) in [7, 11) is 3.10. The zero-order valence-electron chi connectivity index (χ0n) is 15.5. The number of hydrogen-bond donors (Lipinski definition) is 1. The summed E-state index contributed by atoms with van der Waals surface area (Å²) < 4.78 is 37.0. The van der Waals surface area contributed by atoms with Gasteiger partial charge in [0.15, 0.2) is 23.1 Å². The van der Waals surface area contributed by atoms with Crippen molar-refractivity contribution >= 4 is 17.2 Å². The fraction of sp³-hybridized carbons (Fsp3) is 0.200. The molecule has 3 aromatic rings. The molecule has 1 amide bonds. The van der Waals surface area contributed by atoms with Gasteiger partial charge in [-0.05, 0) is 42.8 Å². The van der Waals surface area contributed by atoms with Gasteiger partial charge >= 0.3 is 0 Å². The number of nitrogens with one attached hydrogen (secondary N) is 1. The van der Waals surface area contributed by atoms with Gasteiger partial charge in [-0.3, -0.25) is 4.79 Å². The highest BCUT2D eigenvalue weighted by molar-refractivity contribution is 7.13. The van der Waals surface area contributed by atoms with E-state index in [2.05, 4.69) is 10.3 Å². The van der Waals surface area contributed by atoms with Crippen LogP contribution >= 0.6 is 11.3 Å². The van der Waals surface area contributed by atoms with Crippen LogP contribution in [0, 0.1) is 11.6 Å². The largest absolute Gasteiger partial charge is 0.493 e. The second-order valence-electron chi connectivity index (χ2n) is 5.98. The average molecular weight is 404 g/mol. The van der Waals surface area contributed by atoms with E-state index in [1.54, 1.807) is 38.7 Å². The van der Waals surface area contributed by atoms with Crippen LogP contribution in [0.25, 0.3) is 10.6 Å².